The van der Waals surface area contributed by atoms with Crippen LogP contribution in [0.2, 0.25) is 0 Å². The van der Waals surface area contributed by atoms with Crippen LogP contribution in [0.25, 0.3) is 0 Å². The molecule has 3 aromatic rings. The number of carbonyl (C=O) groups is 1. The van der Waals surface area contributed by atoms with Gasteiger partial charge in [-0.25, -0.2) is 4.98 Å². The Balaban J connectivity index is 1.22. The van der Waals surface area contributed by atoms with E-state index in [2.05, 4.69) is 50.4 Å². The van der Waals surface area contributed by atoms with Crippen molar-refractivity contribution < 1.29 is 9.53 Å². The zero-order valence-electron chi connectivity index (χ0n) is 17.8. The third-order valence-corrected chi connectivity index (χ3v) is 5.50. The second-order valence-corrected chi connectivity index (χ2v) is 7.66. The number of rotatable bonds is 7. The van der Waals surface area contributed by atoms with Crippen LogP contribution in [0, 0.1) is 6.92 Å². The molecule has 6 heteroatoms. The highest BCUT2D eigenvalue weighted by Crippen LogP contribution is 2.20. The first-order valence-corrected chi connectivity index (χ1v) is 10.6. The number of ether oxygens (including phenoxy) is 1. The molecule has 4 rings (SSSR count). The molecule has 0 unspecified atom stereocenters. The van der Waals surface area contributed by atoms with E-state index in [0.717, 1.165) is 48.9 Å². The summed E-state index contributed by atoms with van der Waals surface area (Å²) in [4.78, 5) is 21.3. The highest BCUT2D eigenvalue weighted by Gasteiger charge is 2.18. The van der Waals surface area contributed by atoms with Gasteiger partial charge in [-0.1, -0.05) is 36.4 Å². The Morgan fingerprint density at radius 3 is 2.35 bits per heavy atom. The van der Waals surface area contributed by atoms with Gasteiger partial charge in [0.2, 0.25) is 0 Å². The van der Waals surface area contributed by atoms with Crippen LogP contribution in [0.3, 0.4) is 0 Å². The summed E-state index contributed by atoms with van der Waals surface area (Å²) in [6.07, 6.45) is 1.84. The van der Waals surface area contributed by atoms with Gasteiger partial charge in [0.05, 0.1) is 0 Å². The molecule has 1 N–H and O–H groups in total. The Labute approximate surface area is 183 Å². The van der Waals surface area contributed by atoms with Gasteiger partial charge in [0.15, 0.2) is 6.61 Å². The first kappa shape index (κ1) is 20.7. The molecule has 1 aliphatic heterocycles. The molecule has 1 aromatic heterocycles. The zero-order valence-corrected chi connectivity index (χ0v) is 17.8. The Kier molecular flexibility index (Phi) is 6.67. The second-order valence-electron chi connectivity index (χ2n) is 7.66. The van der Waals surface area contributed by atoms with E-state index < -0.39 is 0 Å². The maximum atomic E-state index is 12.1. The van der Waals surface area contributed by atoms with Gasteiger partial charge in [0, 0.05) is 44.6 Å². The number of aromatic nitrogens is 1. The Morgan fingerprint density at radius 1 is 0.935 bits per heavy atom. The van der Waals surface area contributed by atoms with Crippen molar-refractivity contribution in [1.82, 2.24) is 10.3 Å². The Hall–Kier alpha value is -3.54. The summed E-state index contributed by atoms with van der Waals surface area (Å²) in [5, 5.41) is 2.92. The van der Waals surface area contributed by atoms with Gasteiger partial charge in [-0.3, -0.25) is 4.79 Å². The van der Waals surface area contributed by atoms with Crippen molar-refractivity contribution in [2.24, 2.45) is 0 Å². The Bertz CT molecular complexity index is 984. The number of anilines is 2. The number of hydrogen-bond donors (Lipinski definition) is 1. The summed E-state index contributed by atoms with van der Waals surface area (Å²) in [5.74, 6) is 1.66. The summed E-state index contributed by atoms with van der Waals surface area (Å²) in [5.41, 5.74) is 3.30. The minimum atomic E-state index is -0.127. The minimum absolute atomic E-state index is 0.0173. The fourth-order valence-corrected chi connectivity index (χ4v) is 3.67. The van der Waals surface area contributed by atoms with Gasteiger partial charge in [-0.2, -0.15) is 0 Å². The average molecular weight is 417 g/mol. The van der Waals surface area contributed by atoms with E-state index in [-0.39, 0.29) is 12.5 Å². The van der Waals surface area contributed by atoms with Crippen molar-refractivity contribution in [3.63, 3.8) is 0 Å². The molecule has 2 heterocycles. The van der Waals surface area contributed by atoms with Crippen LogP contribution in [0.5, 0.6) is 5.75 Å². The van der Waals surface area contributed by atoms with Crippen molar-refractivity contribution >= 4 is 17.4 Å². The monoisotopic (exact) mass is 416 g/mol. The smallest absolute Gasteiger partial charge is 0.258 e. The summed E-state index contributed by atoms with van der Waals surface area (Å²) in [6, 6.07) is 22.1. The number of nitrogens with zero attached hydrogens (tertiary/aromatic N) is 3. The lowest BCUT2D eigenvalue weighted by Gasteiger charge is -2.36. The normalized spacial score (nSPS) is 13.7. The van der Waals surface area contributed by atoms with Gasteiger partial charge >= 0.3 is 0 Å². The van der Waals surface area contributed by atoms with E-state index >= 15 is 0 Å². The molecule has 1 saturated heterocycles. The molecule has 0 aliphatic carbocycles. The van der Waals surface area contributed by atoms with Gasteiger partial charge in [-0.05, 0) is 48.4 Å². The van der Waals surface area contributed by atoms with Gasteiger partial charge in [-0.15, -0.1) is 0 Å². The number of amides is 1. The molecule has 0 bridgehead atoms. The maximum Gasteiger partial charge on any atom is 0.258 e. The van der Waals surface area contributed by atoms with Crippen LogP contribution >= 0.6 is 0 Å². The molecule has 0 atom stereocenters. The predicted octanol–water partition coefficient (Wildman–Crippen LogP) is 3.41. The third-order valence-electron chi connectivity index (χ3n) is 5.50. The second kappa shape index (κ2) is 9.98. The number of piperazine rings is 1. The summed E-state index contributed by atoms with van der Waals surface area (Å²) < 4.78 is 5.60. The quantitative estimate of drug-likeness (QED) is 0.640. The minimum Gasteiger partial charge on any atom is -0.484 e. The molecular weight excluding hydrogens is 388 g/mol. The third kappa shape index (κ3) is 5.54. The number of pyridine rings is 1. The predicted molar refractivity (Wildman–Crippen MR) is 124 cm³/mol. The largest absolute Gasteiger partial charge is 0.484 e. The number of para-hydroxylation sites is 1. The fourth-order valence-electron chi connectivity index (χ4n) is 3.67. The molecular formula is C25H28N4O2. The lowest BCUT2D eigenvalue weighted by Crippen LogP contribution is -2.46. The molecule has 0 saturated carbocycles. The highest BCUT2D eigenvalue weighted by atomic mass is 16.5. The van der Waals surface area contributed by atoms with Crippen molar-refractivity contribution in [2.45, 2.75) is 13.5 Å². The van der Waals surface area contributed by atoms with Crippen LogP contribution in [0.15, 0.2) is 72.9 Å². The van der Waals surface area contributed by atoms with E-state index in [1.54, 1.807) is 0 Å². The molecule has 1 fully saturated rings. The maximum absolute atomic E-state index is 12.1. The Morgan fingerprint density at radius 2 is 1.65 bits per heavy atom. The zero-order chi connectivity index (χ0) is 21.5. The van der Waals surface area contributed by atoms with E-state index in [1.807, 2.05) is 49.5 Å². The molecule has 1 aliphatic rings. The van der Waals surface area contributed by atoms with Crippen LogP contribution in [0.4, 0.5) is 11.5 Å². The van der Waals surface area contributed by atoms with Crippen LogP contribution in [-0.4, -0.2) is 43.7 Å². The summed E-state index contributed by atoms with van der Waals surface area (Å²) in [6.45, 7) is 6.30. The van der Waals surface area contributed by atoms with Gasteiger partial charge in [0.1, 0.15) is 11.6 Å². The highest BCUT2D eigenvalue weighted by molar-refractivity contribution is 5.77. The molecule has 0 spiro atoms. The molecule has 0 radical (unpaired) electrons. The fraction of sp³-hybridized carbons (Fsp3) is 0.280. The first-order valence-electron chi connectivity index (χ1n) is 10.6. The number of carbonyl (C=O) groups excluding carboxylic acids is 1. The van der Waals surface area contributed by atoms with Crippen LogP contribution in [0.1, 0.15) is 11.1 Å². The number of nitrogens with one attached hydrogen (secondary N) is 1. The number of benzene rings is 2. The standard InChI is InChI=1S/C25H28N4O2/c1-20-6-2-3-7-23(20)31-19-25(30)27-18-21-9-11-22(12-10-21)28-14-16-29(17-15-28)24-8-4-5-13-26-24/h2-13H,14-19H2,1H3,(H,27,30). The molecule has 31 heavy (non-hydrogen) atoms. The van der Waals surface area contributed by atoms with E-state index in [0.29, 0.717) is 6.54 Å². The van der Waals surface area contributed by atoms with Gasteiger partial charge < -0.3 is 19.9 Å². The van der Waals surface area contributed by atoms with Gasteiger partial charge in [0.25, 0.3) is 5.91 Å². The molecule has 2 aromatic carbocycles. The van der Waals surface area contributed by atoms with Crippen molar-refractivity contribution in [3.8, 4) is 5.75 Å². The van der Waals surface area contributed by atoms with Crippen molar-refractivity contribution in [1.29, 1.82) is 0 Å². The van der Waals surface area contributed by atoms with Crippen LogP contribution < -0.4 is 19.9 Å². The number of aryl methyl sites for hydroxylation is 1. The first-order chi connectivity index (χ1) is 15.2. The van der Waals surface area contributed by atoms with E-state index in [9.17, 15) is 4.79 Å². The van der Waals surface area contributed by atoms with E-state index in [1.165, 1.54) is 5.69 Å². The van der Waals surface area contributed by atoms with E-state index in [4.69, 9.17) is 4.74 Å². The number of hydrogen-bond acceptors (Lipinski definition) is 5. The topological polar surface area (TPSA) is 57.7 Å². The molecule has 6 nitrogen and oxygen atoms in total. The van der Waals surface area contributed by atoms with Crippen LogP contribution in [-0.2, 0) is 11.3 Å². The lowest BCUT2D eigenvalue weighted by atomic mass is 10.1. The average Bonchev–Trinajstić information content (AvgIpc) is 2.83. The molecule has 1 amide bonds. The van der Waals surface area contributed by atoms with Crippen molar-refractivity contribution in [3.05, 3.63) is 84.1 Å². The SMILES string of the molecule is Cc1ccccc1OCC(=O)NCc1ccc(N2CCN(c3ccccn3)CC2)cc1. The lowest BCUT2D eigenvalue weighted by molar-refractivity contribution is -0.123. The van der Waals surface area contributed by atoms with Crippen molar-refractivity contribution in [2.75, 3.05) is 42.6 Å². The molecule has 160 valence electrons. The summed E-state index contributed by atoms with van der Waals surface area (Å²) >= 11 is 0. The summed E-state index contributed by atoms with van der Waals surface area (Å²) in [7, 11) is 0.